The molecule has 0 aliphatic heterocycles. The first-order valence-corrected chi connectivity index (χ1v) is 7.38. The molecule has 0 aliphatic rings. The number of carbonyl (C=O) groups excluding carboxylic acids is 2. The Kier molecular flexibility index (Phi) is 4.17. The van der Waals surface area contributed by atoms with Crippen molar-refractivity contribution in [3.05, 3.63) is 68.7 Å². The summed E-state index contributed by atoms with van der Waals surface area (Å²) in [4.78, 5) is 47.2. The van der Waals surface area contributed by atoms with Gasteiger partial charge in [0.15, 0.2) is 0 Å². The first kappa shape index (κ1) is 16.2. The standard InChI is InChI=1S/C17H14N4O4/c1-9(22)18-11-7-5-10(6-8-11)15(23)19-13-4-2-3-12-14(13)17(25)21-20-16(12)24/h2-8H,1H3,(H,18,22)(H,19,23)(H,20,24)(H,21,25). The van der Waals surface area contributed by atoms with Gasteiger partial charge in [-0.3, -0.25) is 29.4 Å². The van der Waals surface area contributed by atoms with Crippen molar-refractivity contribution in [3.8, 4) is 0 Å². The molecule has 3 rings (SSSR count). The van der Waals surface area contributed by atoms with Crippen LogP contribution in [0.25, 0.3) is 10.8 Å². The Labute approximate surface area is 140 Å². The summed E-state index contributed by atoms with van der Waals surface area (Å²) < 4.78 is 0. The van der Waals surface area contributed by atoms with Crippen molar-refractivity contribution in [2.45, 2.75) is 6.92 Å². The highest BCUT2D eigenvalue weighted by Gasteiger charge is 2.12. The van der Waals surface area contributed by atoms with Crippen molar-refractivity contribution >= 4 is 34.0 Å². The number of aromatic amines is 2. The monoisotopic (exact) mass is 338 g/mol. The van der Waals surface area contributed by atoms with Crippen LogP contribution in [-0.4, -0.2) is 22.0 Å². The Bertz CT molecular complexity index is 1080. The zero-order valence-electron chi connectivity index (χ0n) is 13.2. The maximum Gasteiger partial charge on any atom is 0.272 e. The number of H-pyrrole nitrogens is 2. The van der Waals surface area contributed by atoms with E-state index >= 15 is 0 Å². The molecule has 8 nitrogen and oxygen atoms in total. The van der Waals surface area contributed by atoms with E-state index in [9.17, 15) is 19.2 Å². The van der Waals surface area contributed by atoms with Gasteiger partial charge in [-0.15, -0.1) is 0 Å². The number of fused-ring (bicyclic) bond motifs is 1. The molecule has 1 aromatic heterocycles. The van der Waals surface area contributed by atoms with E-state index in [-0.39, 0.29) is 22.4 Å². The van der Waals surface area contributed by atoms with E-state index in [0.29, 0.717) is 11.3 Å². The van der Waals surface area contributed by atoms with Crippen molar-refractivity contribution < 1.29 is 9.59 Å². The van der Waals surface area contributed by atoms with Crippen LogP contribution in [0, 0.1) is 0 Å². The predicted molar refractivity (Wildman–Crippen MR) is 93.9 cm³/mol. The lowest BCUT2D eigenvalue weighted by Gasteiger charge is -2.08. The van der Waals surface area contributed by atoms with Crippen molar-refractivity contribution in [1.29, 1.82) is 0 Å². The summed E-state index contributed by atoms with van der Waals surface area (Å²) in [7, 11) is 0. The Morgan fingerprint density at radius 2 is 1.56 bits per heavy atom. The van der Waals surface area contributed by atoms with E-state index in [4.69, 9.17) is 0 Å². The molecule has 8 heteroatoms. The second-order valence-electron chi connectivity index (χ2n) is 5.35. The van der Waals surface area contributed by atoms with E-state index in [1.165, 1.54) is 13.0 Å². The number of hydrogen-bond donors (Lipinski definition) is 4. The summed E-state index contributed by atoms with van der Waals surface area (Å²) in [5.74, 6) is -0.654. The van der Waals surface area contributed by atoms with Crippen LogP contribution in [0.15, 0.2) is 52.1 Å². The number of aromatic nitrogens is 2. The predicted octanol–water partition coefficient (Wildman–Crippen LogP) is 1.43. The molecule has 1 heterocycles. The Morgan fingerprint density at radius 1 is 0.880 bits per heavy atom. The van der Waals surface area contributed by atoms with Crippen molar-refractivity contribution in [2.75, 3.05) is 10.6 Å². The molecule has 0 bridgehead atoms. The summed E-state index contributed by atoms with van der Waals surface area (Å²) >= 11 is 0. The van der Waals surface area contributed by atoms with Gasteiger partial charge in [0.1, 0.15) is 0 Å². The molecule has 0 atom stereocenters. The highest BCUT2D eigenvalue weighted by molar-refractivity contribution is 6.09. The molecule has 25 heavy (non-hydrogen) atoms. The van der Waals surface area contributed by atoms with Gasteiger partial charge in [0.25, 0.3) is 17.0 Å². The number of rotatable bonds is 3. The maximum atomic E-state index is 12.4. The number of nitrogens with one attached hydrogen (secondary N) is 4. The number of amides is 2. The van der Waals surface area contributed by atoms with Gasteiger partial charge in [0, 0.05) is 18.2 Å². The number of carbonyl (C=O) groups is 2. The van der Waals surface area contributed by atoms with Crippen LogP contribution < -0.4 is 21.8 Å². The number of benzene rings is 2. The minimum absolute atomic E-state index is 0.106. The van der Waals surface area contributed by atoms with Crippen LogP contribution in [0.1, 0.15) is 17.3 Å². The molecule has 0 unspecified atom stereocenters. The second-order valence-corrected chi connectivity index (χ2v) is 5.35. The Morgan fingerprint density at radius 3 is 2.24 bits per heavy atom. The minimum atomic E-state index is -0.508. The third-order valence-corrected chi connectivity index (χ3v) is 3.54. The summed E-state index contributed by atoms with van der Waals surface area (Å²) in [6, 6.07) is 10.9. The van der Waals surface area contributed by atoms with Gasteiger partial charge >= 0.3 is 0 Å². The van der Waals surface area contributed by atoms with Gasteiger partial charge in [-0.25, -0.2) is 0 Å². The van der Waals surface area contributed by atoms with Crippen LogP contribution >= 0.6 is 0 Å². The highest BCUT2D eigenvalue weighted by atomic mass is 16.2. The molecule has 0 fully saturated rings. The van der Waals surface area contributed by atoms with Gasteiger partial charge in [0.2, 0.25) is 5.91 Å². The summed E-state index contributed by atoms with van der Waals surface area (Å²) in [5, 5.41) is 10.00. The third kappa shape index (κ3) is 3.32. The fraction of sp³-hybridized carbons (Fsp3) is 0.0588. The SMILES string of the molecule is CC(=O)Nc1ccc(C(=O)Nc2cccc3c(=O)[nH][nH]c(=O)c23)cc1. The maximum absolute atomic E-state index is 12.4. The van der Waals surface area contributed by atoms with Crippen molar-refractivity contribution in [1.82, 2.24) is 10.2 Å². The third-order valence-electron chi connectivity index (χ3n) is 3.54. The van der Waals surface area contributed by atoms with Crippen LogP contribution in [0.2, 0.25) is 0 Å². The fourth-order valence-corrected chi connectivity index (χ4v) is 2.44. The minimum Gasteiger partial charge on any atom is -0.326 e. The van der Waals surface area contributed by atoms with E-state index in [1.807, 2.05) is 0 Å². The van der Waals surface area contributed by atoms with Gasteiger partial charge in [-0.05, 0) is 36.4 Å². The largest absolute Gasteiger partial charge is 0.326 e. The molecule has 2 amide bonds. The second kappa shape index (κ2) is 6.44. The van der Waals surface area contributed by atoms with E-state index in [2.05, 4.69) is 20.8 Å². The molecule has 0 spiro atoms. The molecular formula is C17H14N4O4. The molecule has 0 aliphatic carbocycles. The summed E-state index contributed by atoms with van der Waals surface area (Å²) in [6.45, 7) is 1.39. The van der Waals surface area contributed by atoms with Crippen molar-refractivity contribution in [3.63, 3.8) is 0 Å². The normalized spacial score (nSPS) is 10.4. The average Bonchev–Trinajstić information content (AvgIpc) is 2.58. The van der Waals surface area contributed by atoms with Crippen LogP contribution in [-0.2, 0) is 4.79 Å². The first-order chi connectivity index (χ1) is 12.0. The van der Waals surface area contributed by atoms with Crippen LogP contribution in [0.4, 0.5) is 11.4 Å². The molecule has 2 aromatic carbocycles. The summed E-state index contributed by atoms with van der Waals surface area (Å²) in [5.41, 5.74) is 0.183. The lowest BCUT2D eigenvalue weighted by atomic mass is 10.1. The van der Waals surface area contributed by atoms with Gasteiger partial charge in [0.05, 0.1) is 16.5 Å². The van der Waals surface area contributed by atoms with E-state index in [0.717, 1.165) is 0 Å². The molecule has 0 radical (unpaired) electrons. The molecule has 0 saturated carbocycles. The molecule has 0 saturated heterocycles. The van der Waals surface area contributed by atoms with E-state index < -0.39 is 17.0 Å². The zero-order valence-corrected chi connectivity index (χ0v) is 13.2. The van der Waals surface area contributed by atoms with Crippen LogP contribution in [0.3, 0.4) is 0 Å². The molecule has 126 valence electrons. The molecule has 4 N–H and O–H groups in total. The average molecular weight is 338 g/mol. The van der Waals surface area contributed by atoms with Gasteiger partial charge < -0.3 is 10.6 Å². The lowest BCUT2D eigenvalue weighted by molar-refractivity contribution is -0.114. The Hall–Kier alpha value is -3.68. The first-order valence-electron chi connectivity index (χ1n) is 7.38. The van der Waals surface area contributed by atoms with E-state index in [1.54, 1.807) is 36.4 Å². The van der Waals surface area contributed by atoms with Gasteiger partial charge in [-0.1, -0.05) is 6.07 Å². The molecular weight excluding hydrogens is 324 g/mol. The highest BCUT2D eigenvalue weighted by Crippen LogP contribution is 2.18. The van der Waals surface area contributed by atoms with Gasteiger partial charge in [-0.2, -0.15) is 0 Å². The topological polar surface area (TPSA) is 124 Å². The molecule has 3 aromatic rings. The quantitative estimate of drug-likeness (QED) is 0.576. The number of anilines is 2. The Balaban J connectivity index is 1.92. The smallest absolute Gasteiger partial charge is 0.272 e. The lowest BCUT2D eigenvalue weighted by Crippen LogP contribution is -2.21. The zero-order chi connectivity index (χ0) is 18.0. The van der Waals surface area contributed by atoms with Crippen molar-refractivity contribution in [2.24, 2.45) is 0 Å². The fourth-order valence-electron chi connectivity index (χ4n) is 2.44. The van der Waals surface area contributed by atoms with Crippen LogP contribution in [0.5, 0.6) is 0 Å². The number of hydrogen-bond acceptors (Lipinski definition) is 4. The summed E-state index contributed by atoms with van der Waals surface area (Å²) in [6.07, 6.45) is 0.